The van der Waals surface area contributed by atoms with Crippen LogP contribution in [0, 0.1) is 6.92 Å². The monoisotopic (exact) mass is 418 g/mol. The average molecular weight is 419 g/mol. The fourth-order valence-electron chi connectivity index (χ4n) is 5.23. The van der Waals surface area contributed by atoms with Crippen LogP contribution in [0.4, 0.5) is 0 Å². The molecule has 0 aliphatic heterocycles. The van der Waals surface area contributed by atoms with Gasteiger partial charge in [0.2, 0.25) is 0 Å². The summed E-state index contributed by atoms with van der Waals surface area (Å²) in [6.07, 6.45) is 3.80. The minimum Gasteiger partial charge on any atom is -0.455 e. The van der Waals surface area contributed by atoms with E-state index in [1.54, 1.807) is 0 Å². The second-order valence-corrected chi connectivity index (χ2v) is 9.78. The summed E-state index contributed by atoms with van der Waals surface area (Å²) in [5, 5.41) is 2.28. The van der Waals surface area contributed by atoms with E-state index in [0.29, 0.717) is 5.92 Å². The zero-order valence-corrected chi connectivity index (χ0v) is 19.2. The number of aromatic nitrogens is 2. The lowest BCUT2D eigenvalue weighted by Gasteiger charge is -2.19. The first-order valence-electron chi connectivity index (χ1n) is 11.3. The van der Waals surface area contributed by atoms with Crippen LogP contribution in [-0.2, 0) is 5.41 Å². The van der Waals surface area contributed by atoms with Crippen molar-refractivity contribution >= 4 is 21.9 Å². The van der Waals surface area contributed by atoms with Crippen LogP contribution in [0.25, 0.3) is 44.3 Å². The van der Waals surface area contributed by atoms with Gasteiger partial charge in [-0.3, -0.25) is 9.97 Å². The molecule has 2 aromatic carbocycles. The maximum Gasteiger partial charge on any atom is 0.145 e. The Bertz CT molecular complexity index is 1540. The van der Waals surface area contributed by atoms with E-state index in [1.807, 2.05) is 18.5 Å². The second kappa shape index (κ2) is 6.52. The van der Waals surface area contributed by atoms with Crippen LogP contribution < -0.4 is 0 Å². The molecule has 0 saturated heterocycles. The van der Waals surface area contributed by atoms with Gasteiger partial charge in [-0.1, -0.05) is 45.9 Å². The van der Waals surface area contributed by atoms with Gasteiger partial charge in [0.25, 0.3) is 0 Å². The lowest BCUT2D eigenvalue weighted by Crippen LogP contribution is -2.16. The van der Waals surface area contributed by atoms with E-state index >= 15 is 0 Å². The molecule has 32 heavy (non-hydrogen) atoms. The Kier molecular flexibility index (Phi) is 3.92. The van der Waals surface area contributed by atoms with Crippen LogP contribution >= 0.6 is 0 Å². The summed E-state index contributed by atoms with van der Waals surface area (Å²) in [5.41, 5.74) is 11.1. The molecule has 5 aromatic rings. The Balaban J connectivity index is 1.66. The Morgan fingerprint density at radius 3 is 2.53 bits per heavy atom. The van der Waals surface area contributed by atoms with Gasteiger partial charge in [-0.05, 0) is 65.4 Å². The van der Waals surface area contributed by atoms with Gasteiger partial charge in [0.15, 0.2) is 0 Å². The third-order valence-corrected chi connectivity index (χ3v) is 7.06. The highest BCUT2D eigenvalue weighted by molar-refractivity contribution is 6.11. The lowest BCUT2D eigenvalue weighted by atomic mass is 9.85. The van der Waals surface area contributed by atoms with Gasteiger partial charge in [0.1, 0.15) is 11.2 Å². The number of hydrogen-bond donors (Lipinski definition) is 0. The number of hydrogen-bond acceptors (Lipinski definition) is 3. The smallest absolute Gasteiger partial charge is 0.145 e. The van der Waals surface area contributed by atoms with Crippen molar-refractivity contribution in [1.29, 1.82) is 0 Å². The molecule has 1 aliphatic rings. The predicted molar refractivity (Wildman–Crippen MR) is 131 cm³/mol. The standard InChI is InChI=1S/C29H26N2O/c1-16(2)18-10-12-30-24(13-18)26-17(3)8-9-19-22-14-21-20-7-6-11-31-28(20)29(4,5)23(21)15-25(22)32-27(19)26/h6-16H,1-5H3. The summed E-state index contributed by atoms with van der Waals surface area (Å²) in [4.78, 5) is 9.43. The van der Waals surface area contributed by atoms with Crippen LogP contribution in [0.1, 0.15) is 56.0 Å². The molecule has 0 spiro atoms. The van der Waals surface area contributed by atoms with E-state index in [4.69, 9.17) is 14.4 Å². The summed E-state index contributed by atoms with van der Waals surface area (Å²) in [7, 11) is 0. The number of rotatable bonds is 2. The van der Waals surface area contributed by atoms with Gasteiger partial charge in [-0.15, -0.1) is 0 Å². The number of furan rings is 1. The third kappa shape index (κ3) is 2.54. The van der Waals surface area contributed by atoms with Gasteiger partial charge in [-0.2, -0.15) is 0 Å². The Morgan fingerprint density at radius 2 is 1.72 bits per heavy atom. The molecule has 3 aromatic heterocycles. The summed E-state index contributed by atoms with van der Waals surface area (Å²) in [6, 6.07) is 17.4. The number of nitrogens with zero attached hydrogens (tertiary/aromatic N) is 2. The molecule has 0 unspecified atom stereocenters. The van der Waals surface area contributed by atoms with Gasteiger partial charge in [0, 0.05) is 39.7 Å². The van der Waals surface area contributed by atoms with Crippen molar-refractivity contribution in [2.24, 2.45) is 0 Å². The van der Waals surface area contributed by atoms with Crippen LogP contribution in [-0.4, -0.2) is 9.97 Å². The van der Waals surface area contributed by atoms with Gasteiger partial charge in [0.05, 0.1) is 11.4 Å². The first kappa shape index (κ1) is 19.2. The molecule has 158 valence electrons. The maximum absolute atomic E-state index is 6.58. The van der Waals surface area contributed by atoms with E-state index in [9.17, 15) is 0 Å². The number of pyridine rings is 2. The zero-order chi connectivity index (χ0) is 22.2. The number of aryl methyl sites for hydroxylation is 1. The molecule has 0 radical (unpaired) electrons. The maximum atomic E-state index is 6.58. The first-order chi connectivity index (χ1) is 15.4. The topological polar surface area (TPSA) is 38.9 Å². The van der Waals surface area contributed by atoms with E-state index in [2.05, 4.69) is 77.1 Å². The Hall–Kier alpha value is -3.46. The Morgan fingerprint density at radius 1 is 0.875 bits per heavy atom. The molecule has 0 bridgehead atoms. The highest BCUT2D eigenvalue weighted by atomic mass is 16.3. The van der Waals surface area contributed by atoms with Crippen LogP contribution in [0.2, 0.25) is 0 Å². The molecular formula is C29H26N2O. The molecule has 1 aliphatic carbocycles. The van der Waals surface area contributed by atoms with E-state index in [0.717, 1.165) is 38.9 Å². The molecule has 0 fully saturated rings. The van der Waals surface area contributed by atoms with Crippen molar-refractivity contribution in [1.82, 2.24) is 9.97 Å². The molecule has 0 atom stereocenters. The largest absolute Gasteiger partial charge is 0.455 e. The average Bonchev–Trinajstić information content (AvgIpc) is 3.25. The molecule has 3 nitrogen and oxygen atoms in total. The molecule has 0 N–H and O–H groups in total. The summed E-state index contributed by atoms with van der Waals surface area (Å²) < 4.78 is 6.58. The Labute approximate surface area is 188 Å². The summed E-state index contributed by atoms with van der Waals surface area (Å²) in [5.74, 6) is 0.450. The van der Waals surface area contributed by atoms with E-state index in [1.165, 1.54) is 27.8 Å². The number of benzene rings is 2. The summed E-state index contributed by atoms with van der Waals surface area (Å²) >= 11 is 0. The molecule has 3 heterocycles. The van der Waals surface area contributed by atoms with Crippen molar-refractivity contribution in [3.8, 4) is 22.4 Å². The van der Waals surface area contributed by atoms with Crippen molar-refractivity contribution in [2.75, 3.05) is 0 Å². The third-order valence-electron chi connectivity index (χ3n) is 7.06. The SMILES string of the molecule is Cc1ccc2c(oc3cc4c(cc32)-c2cccnc2C4(C)C)c1-c1cc(C(C)C)ccn1. The quantitative estimate of drug-likeness (QED) is 0.294. The predicted octanol–water partition coefficient (Wildman–Crippen LogP) is 7.78. The highest BCUT2D eigenvalue weighted by Gasteiger charge is 2.37. The molecule has 3 heteroatoms. The number of fused-ring (bicyclic) bond motifs is 6. The van der Waals surface area contributed by atoms with Crippen LogP contribution in [0.5, 0.6) is 0 Å². The zero-order valence-electron chi connectivity index (χ0n) is 19.2. The van der Waals surface area contributed by atoms with Crippen molar-refractivity contribution in [2.45, 2.75) is 46.0 Å². The summed E-state index contributed by atoms with van der Waals surface area (Å²) in [6.45, 7) is 11.1. The highest BCUT2D eigenvalue weighted by Crippen LogP contribution is 2.50. The van der Waals surface area contributed by atoms with Gasteiger partial charge >= 0.3 is 0 Å². The molecular weight excluding hydrogens is 392 g/mol. The molecule has 6 rings (SSSR count). The minimum atomic E-state index is -0.148. The van der Waals surface area contributed by atoms with Gasteiger partial charge in [-0.25, -0.2) is 0 Å². The van der Waals surface area contributed by atoms with Crippen LogP contribution in [0.3, 0.4) is 0 Å². The first-order valence-corrected chi connectivity index (χ1v) is 11.3. The minimum absolute atomic E-state index is 0.148. The van der Waals surface area contributed by atoms with Crippen molar-refractivity contribution in [3.63, 3.8) is 0 Å². The van der Waals surface area contributed by atoms with E-state index in [-0.39, 0.29) is 5.41 Å². The lowest BCUT2D eigenvalue weighted by molar-refractivity contribution is 0.631. The van der Waals surface area contributed by atoms with Crippen LogP contribution in [0.15, 0.2) is 65.3 Å². The van der Waals surface area contributed by atoms with Crippen molar-refractivity contribution in [3.05, 3.63) is 83.3 Å². The normalized spacial score (nSPS) is 14.3. The van der Waals surface area contributed by atoms with E-state index < -0.39 is 0 Å². The van der Waals surface area contributed by atoms with Gasteiger partial charge < -0.3 is 4.42 Å². The molecule has 0 amide bonds. The fraction of sp³-hybridized carbons (Fsp3) is 0.241. The molecule has 0 saturated carbocycles. The van der Waals surface area contributed by atoms with Crippen molar-refractivity contribution < 1.29 is 4.42 Å². The second-order valence-electron chi connectivity index (χ2n) is 9.78. The fourth-order valence-corrected chi connectivity index (χ4v) is 5.23.